The van der Waals surface area contributed by atoms with Crippen LogP contribution >= 0.6 is 11.5 Å². The molecule has 84 valence electrons. The second kappa shape index (κ2) is 3.74. The molecule has 6 heteroatoms. The van der Waals surface area contributed by atoms with E-state index in [0.29, 0.717) is 16.1 Å². The van der Waals surface area contributed by atoms with E-state index in [1.54, 1.807) is 24.3 Å². The highest BCUT2D eigenvalue weighted by molar-refractivity contribution is 7.05. The van der Waals surface area contributed by atoms with Gasteiger partial charge in [0.2, 0.25) is 0 Å². The normalized spacial score (nSPS) is 14.2. The number of imide groups is 1. The Morgan fingerprint density at radius 1 is 1.12 bits per heavy atom. The number of carbonyl (C=O) groups is 2. The first-order chi connectivity index (χ1) is 8.27. The summed E-state index contributed by atoms with van der Waals surface area (Å²) in [6.07, 6.45) is 1.41. The molecule has 2 aromatic rings. The Labute approximate surface area is 101 Å². The number of benzene rings is 1. The molecule has 0 saturated heterocycles. The topological polar surface area (TPSA) is 63.2 Å². The Balaban J connectivity index is 1.95. The molecule has 1 aliphatic heterocycles. The van der Waals surface area contributed by atoms with Crippen LogP contribution in [0.15, 0.2) is 30.6 Å². The van der Waals surface area contributed by atoms with E-state index in [1.165, 1.54) is 22.8 Å². The van der Waals surface area contributed by atoms with Crippen LogP contribution in [0.1, 0.15) is 25.7 Å². The molecule has 0 bridgehead atoms. The Morgan fingerprint density at radius 2 is 1.76 bits per heavy atom. The summed E-state index contributed by atoms with van der Waals surface area (Å²) in [5.74, 6) is -0.526. The van der Waals surface area contributed by atoms with Crippen LogP contribution in [0.2, 0.25) is 0 Å². The third kappa shape index (κ3) is 1.53. The van der Waals surface area contributed by atoms with Crippen LogP contribution in [0.25, 0.3) is 0 Å². The molecular weight excluding hydrogens is 238 g/mol. The minimum Gasteiger partial charge on any atom is -0.269 e. The molecule has 1 aromatic carbocycles. The van der Waals surface area contributed by atoms with Crippen molar-refractivity contribution in [3.8, 4) is 0 Å². The zero-order chi connectivity index (χ0) is 11.8. The van der Waals surface area contributed by atoms with Gasteiger partial charge in [-0.2, -0.15) is 4.37 Å². The molecule has 2 heterocycles. The van der Waals surface area contributed by atoms with Crippen LogP contribution in [0.4, 0.5) is 0 Å². The molecule has 0 atom stereocenters. The van der Waals surface area contributed by atoms with Gasteiger partial charge in [0, 0.05) is 0 Å². The summed E-state index contributed by atoms with van der Waals surface area (Å²) in [6, 6.07) is 6.82. The molecule has 0 spiro atoms. The van der Waals surface area contributed by atoms with Crippen molar-refractivity contribution >= 4 is 23.3 Å². The first-order valence-electron chi connectivity index (χ1n) is 4.98. The average Bonchev–Trinajstić information content (AvgIpc) is 2.94. The number of fused-ring (bicyclic) bond motifs is 1. The van der Waals surface area contributed by atoms with Crippen molar-refractivity contribution in [3.05, 3.63) is 46.7 Å². The molecule has 0 saturated carbocycles. The van der Waals surface area contributed by atoms with Gasteiger partial charge in [-0.15, -0.1) is 0 Å². The van der Waals surface area contributed by atoms with Crippen LogP contribution in [-0.4, -0.2) is 26.1 Å². The largest absolute Gasteiger partial charge is 0.269 e. The number of aromatic nitrogens is 2. The predicted octanol–water partition coefficient (Wildman–Crippen LogP) is 1.33. The van der Waals surface area contributed by atoms with E-state index in [2.05, 4.69) is 9.36 Å². The van der Waals surface area contributed by atoms with Crippen molar-refractivity contribution in [2.45, 2.75) is 6.54 Å². The van der Waals surface area contributed by atoms with E-state index in [4.69, 9.17) is 0 Å². The van der Waals surface area contributed by atoms with Gasteiger partial charge in [0.1, 0.15) is 11.3 Å². The van der Waals surface area contributed by atoms with Gasteiger partial charge < -0.3 is 0 Å². The highest BCUT2D eigenvalue weighted by Crippen LogP contribution is 2.24. The lowest BCUT2D eigenvalue weighted by molar-refractivity contribution is 0.0642. The van der Waals surface area contributed by atoms with E-state index < -0.39 is 0 Å². The number of carbonyl (C=O) groups excluding carboxylic acids is 2. The summed E-state index contributed by atoms with van der Waals surface area (Å²) in [4.78, 5) is 29.2. The van der Waals surface area contributed by atoms with Gasteiger partial charge in [-0.05, 0) is 23.7 Å². The lowest BCUT2D eigenvalue weighted by Crippen LogP contribution is -2.28. The van der Waals surface area contributed by atoms with Gasteiger partial charge in [0.05, 0.1) is 17.7 Å². The van der Waals surface area contributed by atoms with Crippen molar-refractivity contribution in [1.29, 1.82) is 0 Å². The molecule has 17 heavy (non-hydrogen) atoms. The number of hydrogen-bond acceptors (Lipinski definition) is 5. The van der Waals surface area contributed by atoms with E-state index in [-0.39, 0.29) is 18.4 Å². The van der Waals surface area contributed by atoms with E-state index in [0.717, 1.165) is 0 Å². The molecule has 0 N–H and O–H groups in total. The number of hydrogen-bond donors (Lipinski definition) is 0. The van der Waals surface area contributed by atoms with Crippen LogP contribution in [-0.2, 0) is 6.54 Å². The predicted molar refractivity (Wildman–Crippen MR) is 60.6 cm³/mol. The average molecular weight is 245 g/mol. The Morgan fingerprint density at radius 3 is 2.29 bits per heavy atom. The van der Waals surface area contributed by atoms with Crippen LogP contribution in [0, 0.1) is 0 Å². The molecule has 0 aliphatic carbocycles. The van der Waals surface area contributed by atoms with Gasteiger partial charge in [-0.25, -0.2) is 4.98 Å². The lowest BCUT2D eigenvalue weighted by atomic mass is 10.1. The number of nitrogens with zero attached hydrogens (tertiary/aromatic N) is 3. The van der Waals surface area contributed by atoms with Crippen molar-refractivity contribution in [1.82, 2.24) is 14.3 Å². The maximum Gasteiger partial charge on any atom is 0.261 e. The molecule has 0 radical (unpaired) electrons. The van der Waals surface area contributed by atoms with Crippen molar-refractivity contribution < 1.29 is 9.59 Å². The van der Waals surface area contributed by atoms with Crippen LogP contribution in [0.5, 0.6) is 0 Å². The standard InChI is InChI=1S/C11H7N3O2S/c15-10-7-3-1-2-4-8(7)11(16)14(10)5-9-12-6-13-17-9/h1-4,6H,5H2. The third-order valence-corrected chi connectivity index (χ3v) is 3.22. The van der Waals surface area contributed by atoms with E-state index in [1.807, 2.05) is 0 Å². The fourth-order valence-corrected chi connectivity index (χ4v) is 2.28. The highest BCUT2D eigenvalue weighted by atomic mass is 32.1. The third-order valence-electron chi connectivity index (χ3n) is 2.58. The van der Waals surface area contributed by atoms with Gasteiger partial charge in [-0.3, -0.25) is 14.5 Å². The Bertz CT molecular complexity index is 560. The fourth-order valence-electron chi connectivity index (χ4n) is 1.78. The van der Waals surface area contributed by atoms with Gasteiger partial charge in [0.25, 0.3) is 11.8 Å². The minimum atomic E-state index is -0.263. The monoisotopic (exact) mass is 245 g/mol. The van der Waals surface area contributed by atoms with Gasteiger partial charge in [-0.1, -0.05) is 12.1 Å². The molecule has 3 rings (SSSR count). The zero-order valence-electron chi connectivity index (χ0n) is 8.66. The maximum absolute atomic E-state index is 12.0. The van der Waals surface area contributed by atoms with Gasteiger partial charge in [0.15, 0.2) is 0 Å². The summed E-state index contributed by atoms with van der Waals surface area (Å²) < 4.78 is 3.84. The molecule has 1 aromatic heterocycles. The summed E-state index contributed by atoms with van der Waals surface area (Å²) in [5, 5.41) is 0.652. The minimum absolute atomic E-state index is 0.191. The molecule has 1 aliphatic rings. The Hall–Kier alpha value is -2.08. The van der Waals surface area contributed by atoms with E-state index in [9.17, 15) is 9.59 Å². The molecular formula is C11H7N3O2S. The van der Waals surface area contributed by atoms with Crippen molar-refractivity contribution in [3.63, 3.8) is 0 Å². The molecule has 0 unspecified atom stereocenters. The second-order valence-electron chi connectivity index (χ2n) is 3.58. The van der Waals surface area contributed by atoms with E-state index >= 15 is 0 Å². The highest BCUT2D eigenvalue weighted by Gasteiger charge is 2.35. The van der Waals surface area contributed by atoms with Crippen molar-refractivity contribution in [2.75, 3.05) is 0 Å². The van der Waals surface area contributed by atoms with Gasteiger partial charge >= 0.3 is 0 Å². The summed E-state index contributed by atoms with van der Waals surface area (Å²) in [6.45, 7) is 0.191. The smallest absolute Gasteiger partial charge is 0.261 e. The lowest BCUT2D eigenvalue weighted by Gasteiger charge is -2.10. The Kier molecular flexibility index (Phi) is 2.22. The van der Waals surface area contributed by atoms with Crippen LogP contribution < -0.4 is 0 Å². The molecule has 5 nitrogen and oxygen atoms in total. The molecule has 0 fully saturated rings. The zero-order valence-corrected chi connectivity index (χ0v) is 9.48. The first-order valence-corrected chi connectivity index (χ1v) is 5.75. The van der Waals surface area contributed by atoms with Crippen molar-refractivity contribution in [2.24, 2.45) is 0 Å². The maximum atomic E-state index is 12.0. The summed E-state index contributed by atoms with van der Waals surface area (Å²) in [7, 11) is 0. The fraction of sp³-hybridized carbons (Fsp3) is 0.0909. The number of rotatable bonds is 2. The van der Waals surface area contributed by atoms with Crippen LogP contribution in [0.3, 0.4) is 0 Å². The molecule has 2 amide bonds. The first kappa shape index (κ1) is 10.1. The second-order valence-corrected chi connectivity index (χ2v) is 4.44. The summed E-state index contributed by atoms with van der Waals surface area (Å²) >= 11 is 1.19. The summed E-state index contributed by atoms with van der Waals surface area (Å²) in [5.41, 5.74) is 0.920. The SMILES string of the molecule is O=C1c2ccccc2C(=O)N1Cc1ncns1. The quantitative estimate of drug-likeness (QED) is 0.749. The number of amides is 2.